The summed E-state index contributed by atoms with van der Waals surface area (Å²) in [6.07, 6.45) is 5.89. The van der Waals surface area contributed by atoms with Gasteiger partial charge >= 0.3 is 0 Å². The van der Waals surface area contributed by atoms with Crippen LogP contribution in [0.25, 0.3) is 0 Å². The Morgan fingerprint density at radius 3 is 2.93 bits per heavy atom. The van der Waals surface area contributed by atoms with Crippen LogP contribution in [0.15, 0.2) is 35.6 Å². The van der Waals surface area contributed by atoms with Gasteiger partial charge < -0.3 is 9.97 Å². The van der Waals surface area contributed by atoms with Crippen LogP contribution in [0, 0.1) is 0 Å². The maximum absolute atomic E-state index is 11.5. The van der Waals surface area contributed by atoms with Crippen molar-refractivity contribution in [3.63, 3.8) is 0 Å². The molecule has 6 nitrogen and oxygen atoms in total. The predicted octanol–water partition coefficient (Wildman–Crippen LogP) is 0.350. The van der Waals surface area contributed by atoms with Gasteiger partial charge in [-0.25, -0.2) is 4.98 Å². The Hall–Kier alpha value is -2.37. The van der Waals surface area contributed by atoms with Gasteiger partial charge in [0.25, 0.3) is 5.91 Å². The average Bonchev–Trinajstić information content (AvgIpc) is 2.71. The average molecular weight is 204 g/mol. The molecule has 0 bridgehead atoms. The maximum atomic E-state index is 11.5. The number of H-pyrrole nitrogens is 2. The minimum atomic E-state index is -0.494. The summed E-state index contributed by atoms with van der Waals surface area (Å²) in [7, 11) is 0. The lowest BCUT2D eigenvalue weighted by Crippen LogP contribution is -2.21. The lowest BCUT2D eigenvalue weighted by Gasteiger charge is -1.99. The number of hydrogen-bond acceptors (Lipinski definition) is 3. The van der Waals surface area contributed by atoms with Crippen molar-refractivity contribution < 1.29 is 4.79 Å². The van der Waals surface area contributed by atoms with Crippen molar-refractivity contribution in [1.29, 1.82) is 0 Å². The molecule has 1 amide bonds. The summed E-state index contributed by atoms with van der Waals surface area (Å²) >= 11 is 0. The number of imidazole rings is 1. The first kappa shape index (κ1) is 9.20. The predicted molar refractivity (Wildman–Crippen MR) is 53.6 cm³/mol. The molecule has 2 aromatic heterocycles. The molecule has 15 heavy (non-hydrogen) atoms. The molecule has 0 aliphatic rings. The van der Waals surface area contributed by atoms with Crippen molar-refractivity contribution in [2.45, 2.75) is 0 Å². The highest BCUT2D eigenvalue weighted by Gasteiger charge is 2.10. The first-order valence-corrected chi connectivity index (χ1v) is 4.25. The molecule has 76 valence electrons. The standard InChI is InChI=1S/C9H8N4O2/c14-7-1-2-10-5-6(7)8(15)13-9-11-3-4-12-9/h1-5H,(H,10,14)(H2,11,12,13,15). The summed E-state index contributed by atoms with van der Waals surface area (Å²) in [6.45, 7) is 0. The molecular weight excluding hydrogens is 196 g/mol. The molecule has 2 rings (SSSR count). The Labute approximate surface area is 84.4 Å². The fourth-order valence-corrected chi connectivity index (χ4v) is 1.10. The molecule has 0 radical (unpaired) electrons. The fraction of sp³-hybridized carbons (Fsp3) is 0. The van der Waals surface area contributed by atoms with Gasteiger partial charge in [-0.15, -0.1) is 0 Å². The minimum absolute atomic E-state index is 0.0499. The number of pyridine rings is 1. The van der Waals surface area contributed by atoms with Gasteiger partial charge in [0.05, 0.1) is 0 Å². The van der Waals surface area contributed by atoms with Crippen LogP contribution in [0.3, 0.4) is 0 Å². The Kier molecular flexibility index (Phi) is 2.32. The van der Waals surface area contributed by atoms with Gasteiger partial charge in [0.15, 0.2) is 5.43 Å². The fourth-order valence-electron chi connectivity index (χ4n) is 1.10. The van der Waals surface area contributed by atoms with Gasteiger partial charge in [-0.05, 0) is 0 Å². The third kappa shape index (κ3) is 1.93. The zero-order chi connectivity index (χ0) is 10.7. The van der Waals surface area contributed by atoms with Gasteiger partial charge in [-0.3, -0.25) is 14.9 Å². The lowest BCUT2D eigenvalue weighted by atomic mass is 10.2. The number of aromatic nitrogens is 3. The van der Waals surface area contributed by atoms with E-state index >= 15 is 0 Å². The van der Waals surface area contributed by atoms with E-state index < -0.39 is 5.91 Å². The summed E-state index contributed by atoms with van der Waals surface area (Å²) in [4.78, 5) is 32.0. The second kappa shape index (κ2) is 3.79. The van der Waals surface area contributed by atoms with E-state index in [0.717, 1.165) is 0 Å². The number of rotatable bonds is 2. The van der Waals surface area contributed by atoms with Crippen molar-refractivity contribution in [2.75, 3.05) is 5.32 Å². The van der Waals surface area contributed by atoms with Crippen molar-refractivity contribution >= 4 is 11.9 Å². The summed E-state index contributed by atoms with van der Waals surface area (Å²) in [6, 6.07) is 1.29. The van der Waals surface area contributed by atoms with Gasteiger partial charge in [0, 0.05) is 30.9 Å². The van der Waals surface area contributed by atoms with Gasteiger partial charge in [-0.1, -0.05) is 0 Å². The third-order valence-electron chi connectivity index (χ3n) is 1.80. The molecule has 0 unspecified atom stereocenters. The Morgan fingerprint density at radius 1 is 1.40 bits per heavy atom. The van der Waals surface area contributed by atoms with E-state index in [4.69, 9.17) is 0 Å². The maximum Gasteiger partial charge on any atom is 0.263 e. The normalized spacial score (nSPS) is 9.87. The van der Waals surface area contributed by atoms with Crippen molar-refractivity contribution in [1.82, 2.24) is 15.0 Å². The molecule has 0 saturated carbocycles. The highest BCUT2D eigenvalue weighted by Crippen LogP contribution is 1.98. The molecule has 0 aromatic carbocycles. The molecule has 0 spiro atoms. The number of aromatic amines is 2. The van der Waals surface area contributed by atoms with Crippen LogP contribution in [0.5, 0.6) is 0 Å². The van der Waals surface area contributed by atoms with Crippen molar-refractivity contribution in [2.24, 2.45) is 0 Å². The quantitative estimate of drug-likeness (QED) is 0.659. The summed E-state index contributed by atoms with van der Waals surface area (Å²) in [5, 5.41) is 2.45. The monoisotopic (exact) mass is 204 g/mol. The van der Waals surface area contributed by atoms with E-state index in [1.807, 2.05) is 0 Å². The third-order valence-corrected chi connectivity index (χ3v) is 1.80. The zero-order valence-electron chi connectivity index (χ0n) is 7.65. The molecule has 0 aliphatic heterocycles. The first-order chi connectivity index (χ1) is 7.27. The SMILES string of the molecule is O=C(Nc1ncc[nH]1)c1c[nH]ccc1=O. The summed E-state index contributed by atoms with van der Waals surface area (Å²) in [5.74, 6) is -0.185. The second-order valence-electron chi connectivity index (χ2n) is 2.81. The number of nitrogens with one attached hydrogen (secondary N) is 3. The molecule has 0 atom stereocenters. The van der Waals surface area contributed by atoms with Crippen molar-refractivity contribution in [3.05, 3.63) is 46.6 Å². The van der Waals surface area contributed by atoms with E-state index in [9.17, 15) is 9.59 Å². The highest BCUT2D eigenvalue weighted by atomic mass is 16.2. The molecule has 2 heterocycles. The number of hydrogen-bond donors (Lipinski definition) is 3. The molecule has 0 aliphatic carbocycles. The zero-order valence-corrected chi connectivity index (χ0v) is 7.65. The van der Waals surface area contributed by atoms with Crippen LogP contribution in [0.4, 0.5) is 5.95 Å². The second-order valence-corrected chi connectivity index (χ2v) is 2.81. The van der Waals surface area contributed by atoms with Crippen LogP contribution in [-0.2, 0) is 0 Å². The smallest absolute Gasteiger partial charge is 0.263 e. The van der Waals surface area contributed by atoms with Crippen LogP contribution in [0.1, 0.15) is 10.4 Å². The van der Waals surface area contributed by atoms with Gasteiger partial charge in [0.2, 0.25) is 5.95 Å². The van der Waals surface area contributed by atoms with E-state index in [1.165, 1.54) is 24.7 Å². The first-order valence-electron chi connectivity index (χ1n) is 4.25. The molecule has 6 heteroatoms. The van der Waals surface area contributed by atoms with Crippen LogP contribution < -0.4 is 10.7 Å². The minimum Gasteiger partial charge on any atom is -0.367 e. The van der Waals surface area contributed by atoms with E-state index in [0.29, 0.717) is 5.95 Å². The Balaban J connectivity index is 2.23. The van der Waals surface area contributed by atoms with Crippen molar-refractivity contribution in [3.8, 4) is 0 Å². The number of anilines is 1. The van der Waals surface area contributed by atoms with Gasteiger partial charge in [-0.2, -0.15) is 0 Å². The molecule has 2 aromatic rings. The van der Waals surface area contributed by atoms with Crippen LogP contribution >= 0.6 is 0 Å². The lowest BCUT2D eigenvalue weighted by molar-refractivity contribution is 0.102. The number of carbonyl (C=O) groups excluding carboxylic acids is 1. The highest BCUT2D eigenvalue weighted by molar-refractivity contribution is 6.02. The van der Waals surface area contributed by atoms with E-state index in [-0.39, 0.29) is 11.0 Å². The Bertz CT molecular complexity index is 515. The molecule has 3 N–H and O–H groups in total. The topological polar surface area (TPSA) is 90.6 Å². The molecule has 0 fully saturated rings. The largest absolute Gasteiger partial charge is 0.367 e. The van der Waals surface area contributed by atoms with Gasteiger partial charge in [0.1, 0.15) is 5.56 Å². The molecular formula is C9H8N4O2. The number of nitrogens with zero attached hydrogens (tertiary/aromatic N) is 1. The van der Waals surface area contributed by atoms with Crippen LogP contribution in [-0.4, -0.2) is 20.9 Å². The summed E-state index contributed by atoms with van der Waals surface area (Å²) in [5.41, 5.74) is -0.285. The Morgan fingerprint density at radius 2 is 2.27 bits per heavy atom. The van der Waals surface area contributed by atoms with E-state index in [2.05, 4.69) is 20.3 Å². The summed E-state index contributed by atoms with van der Waals surface area (Å²) < 4.78 is 0. The van der Waals surface area contributed by atoms with Crippen LogP contribution in [0.2, 0.25) is 0 Å². The number of carbonyl (C=O) groups is 1. The molecule has 0 saturated heterocycles. The number of amides is 1. The van der Waals surface area contributed by atoms with E-state index in [1.54, 1.807) is 6.20 Å².